The van der Waals surface area contributed by atoms with E-state index in [4.69, 9.17) is 0 Å². The number of alkyl halides is 3. The molecular weight excluding hydrogens is 393 g/mol. The monoisotopic (exact) mass is 420 g/mol. The van der Waals surface area contributed by atoms with Gasteiger partial charge in [-0.2, -0.15) is 13.2 Å². The first-order chi connectivity index (χ1) is 14.3. The molecule has 2 amide bonds. The molecule has 1 fully saturated rings. The second-order valence-corrected chi connectivity index (χ2v) is 7.82. The van der Waals surface area contributed by atoms with Gasteiger partial charge < -0.3 is 9.80 Å². The van der Waals surface area contributed by atoms with Crippen molar-refractivity contribution in [2.75, 3.05) is 26.2 Å². The van der Waals surface area contributed by atoms with Crippen LogP contribution in [0.1, 0.15) is 43.0 Å². The molecule has 4 nitrogen and oxygen atoms in total. The van der Waals surface area contributed by atoms with Crippen LogP contribution < -0.4 is 0 Å². The second kappa shape index (κ2) is 9.49. The van der Waals surface area contributed by atoms with E-state index in [1.165, 1.54) is 0 Å². The highest BCUT2D eigenvalue weighted by Crippen LogP contribution is 2.26. The fourth-order valence-electron chi connectivity index (χ4n) is 4.00. The highest BCUT2D eigenvalue weighted by atomic mass is 19.4. The summed E-state index contributed by atoms with van der Waals surface area (Å²) in [5, 5.41) is 1.85. The maximum atomic E-state index is 13.0. The van der Waals surface area contributed by atoms with Crippen molar-refractivity contribution >= 4 is 22.6 Å². The molecule has 0 bridgehead atoms. The number of carbonyl (C=O) groups is 2. The fourth-order valence-corrected chi connectivity index (χ4v) is 4.00. The molecule has 0 spiro atoms. The van der Waals surface area contributed by atoms with Crippen LogP contribution in [0.3, 0.4) is 0 Å². The highest BCUT2D eigenvalue weighted by molar-refractivity contribution is 6.07. The number of halogens is 3. The van der Waals surface area contributed by atoms with Gasteiger partial charge in [-0.3, -0.25) is 9.59 Å². The summed E-state index contributed by atoms with van der Waals surface area (Å²) in [6.07, 6.45) is -2.38. The van der Waals surface area contributed by atoms with Crippen molar-refractivity contribution in [2.24, 2.45) is 5.92 Å². The van der Waals surface area contributed by atoms with E-state index in [2.05, 4.69) is 0 Å². The van der Waals surface area contributed by atoms with Gasteiger partial charge >= 0.3 is 6.18 Å². The first-order valence-electron chi connectivity index (χ1n) is 10.4. The van der Waals surface area contributed by atoms with E-state index < -0.39 is 24.5 Å². The van der Waals surface area contributed by atoms with E-state index >= 15 is 0 Å². The van der Waals surface area contributed by atoms with Crippen LogP contribution in [0.15, 0.2) is 42.5 Å². The van der Waals surface area contributed by atoms with Crippen LogP contribution in [0.4, 0.5) is 13.2 Å². The van der Waals surface area contributed by atoms with Crippen LogP contribution >= 0.6 is 0 Å². The molecule has 2 aromatic rings. The summed E-state index contributed by atoms with van der Waals surface area (Å²) >= 11 is 0. The minimum Gasteiger partial charge on any atom is -0.339 e. The van der Waals surface area contributed by atoms with Gasteiger partial charge in [-0.1, -0.05) is 49.7 Å². The van der Waals surface area contributed by atoms with E-state index in [0.717, 1.165) is 22.1 Å². The number of fused-ring (bicyclic) bond motifs is 1. The van der Waals surface area contributed by atoms with Crippen molar-refractivity contribution in [3.8, 4) is 0 Å². The molecule has 3 rings (SSSR count). The lowest BCUT2D eigenvalue weighted by Crippen LogP contribution is -2.47. The number of likely N-dealkylation sites (tertiary alicyclic amines) is 1. The zero-order valence-electron chi connectivity index (χ0n) is 17.1. The number of hydrogen-bond donors (Lipinski definition) is 0. The summed E-state index contributed by atoms with van der Waals surface area (Å²) in [5.41, 5.74) is 0.611. The Bertz CT molecular complexity index is 884. The summed E-state index contributed by atoms with van der Waals surface area (Å²) in [4.78, 5) is 28.4. The van der Waals surface area contributed by atoms with Gasteiger partial charge in [0.15, 0.2) is 0 Å². The van der Waals surface area contributed by atoms with Gasteiger partial charge in [-0.05, 0) is 36.1 Å². The number of carbonyl (C=O) groups excluding carboxylic acids is 2. The summed E-state index contributed by atoms with van der Waals surface area (Å²) in [5.74, 6) is -1.02. The number of unbranched alkanes of at least 4 members (excludes halogenated alkanes) is 1. The third kappa shape index (κ3) is 5.32. The van der Waals surface area contributed by atoms with Crippen molar-refractivity contribution in [3.05, 3.63) is 48.0 Å². The lowest BCUT2D eigenvalue weighted by molar-refractivity contribution is -0.164. The first-order valence-corrected chi connectivity index (χ1v) is 10.4. The van der Waals surface area contributed by atoms with Crippen LogP contribution in [0, 0.1) is 5.92 Å². The maximum absolute atomic E-state index is 13.0. The Morgan fingerprint density at radius 1 is 1.07 bits per heavy atom. The first kappa shape index (κ1) is 22.1. The number of rotatable bonds is 6. The Morgan fingerprint density at radius 2 is 1.73 bits per heavy atom. The van der Waals surface area contributed by atoms with Crippen molar-refractivity contribution in [1.29, 1.82) is 0 Å². The van der Waals surface area contributed by atoms with Crippen molar-refractivity contribution in [3.63, 3.8) is 0 Å². The Morgan fingerprint density at radius 3 is 2.40 bits per heavy atom. The zero-order chi connectivity index (χ0) is 21.7. The van der Waals surface area contributed by atoms with Crippen molar-refractivity contribution in [2.45, 2.75) is 38.8 Å². The summed E-state index contributed by atoms with van der Waals surface area (Å²) < 4.78 is 38.7. The SMILES string of the molecule is CCCCN(CC(F)(F)F)C(=O)C1CCN(C(=O)c2cccc3ccccc23)CC1. The molecule has 0 radical (unpaired) electrons. The Kier molecular flexibility index (Phi) is 7.00. The molecule has 1 aliphatic rings. The van der Waals surface area contributed by atoms with Gasteiger partial charge in [0.2, 0.25) is 5.91 Å². The summed E-state index contributed by atoms with van der Waals surface area (Å²) in [6, 6.07) is 13.2. The lowest BCUT2D eigenvalue weighted by atomic mass is 9.94. The van der Waals surface area contributed by atoms with Crippen molar-refractivity contribution < 1.29 is 22.8 Å². The molecule has 30 heavy (non-hydrogen) atoms. The fraction of sp³-hybridized carbons (Fsp3) is 0.478. The third-order valence-electron chi connectivity index (χ3n) is 5.61. The van der Waals surface area contributed by atoms with Crippen LogP contribution in [0.25, 0.3) is 10.8 Å². The Labute approximate surface area is 174 Å². The molecule has 162 valence electrons. The number of benzene rings is 2. The van der Waals surface area contributed by atoms with E-state index in [0.29, 0.717) is 37.9 Å². The van der Waals surface area contributed by atoms with Gasteiger partial charge in [0.25, 0.3) is 5.91 Å². The van der Waals surface area contributed by atoms with E-state index in [1.54, 1.807) is 11.0 Å². The number of hydrogen-bond acceptors (Lipinski definition) is 2. The summed E-state index contributed by atoms with van der Waals surface area (Å²) in [6.45, 7) is 1.52. The Balaban J connectivity index is 1.65. The molecular formula is C23H27F3N2O2. The molecule has 0 unspecified atom stereocenters. The molecule has 1 aliphatic heterocycles. The largest absolute Gasteiger partial charge is 0.406 e. The van der Waals surface area contributed by atoms with Crippen molar-refractivity contribution in [1.82, 2.24) is 9.80 Å². The molecule has 0 N–H and O–H groups in total. The molecule has 0 saturated carbocycles. The second-order valence-electron chi connectivity index (χ2n) is 7.82. The zero-order valence-corrected chi connectivity index (χ0v) is 17.1. The van der Waals surface area contributed by atoms with Gasteiger partial charge in [-0.15, -0.1) is 0 Å². The smallest absolute Gasteiger partial charge is 0.339 e. The average Bonchev–Trinajstić information content (AvgIpc) is 2.74. The van der Waals surface area contributed by atoms with E-state index in [9.17, 15) is 22.8 Å². The van der Waals surface area contributed by atoms with Crippen LogP contribution in [-0.4, -0.2) is 54.0 Å². The van der Waals surface area contributed by atoms with Gasteiger partial charge in [0.05, 0.1) is 0 Å². The maximum Gasteiger partial charge on any atom is 0.406 e. The number of amides is 2. The Hall–Kier alpha value is -2.57. The average molecular weight is 420 g/mol. The van der Waals surface area contributed by atoms with Crippen LogP contribution in [0.5, 0.6) is 0 Å². The number of nitrogens with zero attached hydrogens (tertiary/aromatic N) is 2. The summed E-state index contributed by atoms with van der Waals surface area (Å²) in [7, 11) is 0. The van der Waals surface area contributed by atoms with Gasteiger partial charge in [-0.25, -0.2) is 0 Å². The standard InChI is InChI=1S/C23H27F3N2O2/c1-2-3-13-28(16-23(24,25)26)21(29)18-11-14-27(15-12-18)22(30)20-10-6-8-17-7-4-5-9-19(17)20/h4-10,18H,2-3,11-16H2,1H3. The van der Waals surface area contributed by atoms with Gasteiger partial charge in [0.1, 0.15) is 6.54 Å². The van der Waals surface area contributed by atoms with E-state index in [-0.39, 0.29) is 12.5 Å². The quantitative estimate of drug-likeness (QED) is 0.668. The molecule has 1 saturated heterocycles. The minimum atomic E-state index is -4.41. The molecule has 0 atom stereocenters. The van der Waals surface area contributed by atoms with Crippen LogP contribution in [0.2, 0.25) is 0 Å². The van der Waals surface area contributed by atoms with Crippen LogP contribution in [-0.2, 0) is 4.79 Å². The molecule has 7 heteroatoms. The molecule has 0 aromatic heterocycles. The molecule has 0 aliphatic carbocycles. The number of piperidine rings is 1. The highest BCUT2D eigenvalue weighted by Gasteiger charge is 2.36. The normalized spacial score (nSPS) is 15.4. The third-order valence-corrected chi connectivity index (χ3v) is 5.61. The predicted molar refractivity (Wildman–Crippen MR) is 110 cm³/mol. The molecule has 1 heterocycles. The molecule has 2 aromatic carbocycles. The van der Waals surface area contributed by atoms with Gasteiger partial charge in [0, 0.05) is 31.1 Å². The topological polar surface area (TPSA) is 40.6 Å². The predicted octanol–water partition coefficient (Wildman–Crippen LogP) is 4.88. The van der Waals surface area contributed by atoms with E-state index in [1.807, 2.05) is 43.3 Å². The minimum absolute atomic E-state index is 0.101. The lowest BCUT2D eigenvalue weighted by Gasteiger charge is -2.34.